The van der Waals surface area contributed by atoms with Gasteiger partial charge in [-0.2, -0.15) is 0 Å². The Morgan fingerprint density at radius 2 is 0.963 bits per heavy atom. The van der Waals surface area contributed by atoms with E-state index in [1.54, 1.807) is 0 Å². The van der Waals surface area contributed by atoms with Crippen LogP contribution in [-0.4, -0.2) is 60.5 Å². The normalized spacial score (nSPS) is 14.0. The lowest BCUT2D eigenvalue weighted by molar-refractivity contribution is -0.154. The number of carboxylic acid groups (broad SMARTS) is 1. The molecule has 0 aromatic rings. The number of allylic oxidation sites excluding steroid dienone is 2. The van der Waals surface area contributed by atoms with Crippen molar-refractivity contribution in [2.45, 2.75) is 225 Å². The Balaban J connectivity index is 4.19. The first-order valence-corrected chi connectivity index (χ1v) is 23.7. The zero-order chi connectivity index (χ0) is 39.8. The molecule has 0 aliphatic rings. The molecule has 3 unspecified atom stereocenters. The van der Waals surface area contributed by atoms with Crippen LogP contribution in [0, 0.1) is 0 Å². The lowest BCUT2D eigenvalue weighted by Gasteiger charge is -2.20. The Bertz CT molecular complexity index is 919. The van der Waals surface area contributed by atoms with Gasteiger partial charge < -0.3 is 25.2 Å². The predicted molar refractivity (Wildman–Crippen MR) is 222 cm³/mol. The van der Waals surface area contributed by atoms with Crippen LogP contribution in [0.25, 0.3) is 0 Å². The molecule has 0 fully saturated rings. The van der Waals surface area contributed by atoms with Crippen LogP contribution in [0.5, 0.6) is 0 Å². The number of esters is 1. The fourth-order valence-corrected chi connectivity index (χ4v) is 7.08. The second kappa shape index (κ2) is 39.9. The number of hydrogen-bond acceptors (Lipinski definition) is 8. The molecule has 320 valence electrons. The molecule has 0 aromatic heterocycles. The Kier molecular flexibility index (Phi) is 39.0. The molecule has 0 amide bonds. The highest BCUT2D eigenvalue weighted by molar-refractivity contribution is 7.47. The number of carbonyl (C=O) groups is 2. The maximum Gasteiger partial charge on any atom is 0.472 e. The third kappa shape index (κ3) is 39.0. The summed E-state index contributed by atoms with van der Waals surface area (Å²) in [7, 11) is -4.61. The van der Waals surface area contributed by atoms with Crippen LogP contribution in [0.4, 0.5) is 0 Å². The Morgan fingerprint density at radius 3 is 1.41 bits per heavy atom. The van der Waals surface area contributed by atoms with Gasteiger partial charge >= 0.3 is 19.8 Å². The first kappa shape index (κ1) is 52.7. The van der Waals surface area contributed by atoms with E-state index in [0.29, 0.717) is 13.0 Å². The monoisotopic (exact) mass is 790 g/mol. The molecule has 0 aliphatic carbocycles. The van der Waals surface area contributed by atoms with Gasteiger partial charge in [0.25, 0.3) is 0 Å². The van der Waals surface area contributed by atoms with Gasteiger partial charge in [0.2, 0.25) is 0 Å². The third-order valence-electron chi connectivity index (χ3n) is 9.79. The van der Waals surface area contributed by atoms with Gasteiger partial charge in [0.15, 0.2) is 0 Å². The molecular weight excluding hydrogens is 705 g/mol. The van der Waals surface area contributed by atoms with Crippen LogP contribution < -0.4 is 5.73 Å². The molecule has 0 radical (unpaired) electrons. The first-order valence-electron chi connectivity index (χ1n) is 22.2. The quantitative estimate of drug-likeness (QED) is 0.0235. The number of unbranched alkanes of at least 4 members (excludes halogenated alkanes) is 27. The number of phosphoric acid groups is 1. The van der Waals surface area contributed by atoms with Gasteiger partial charge in [-0.3, -0.25) is 18.6 Å². The topological polar surface area (TPSA) is 155 Å². The van der Waals surface area contributed by atoms with Gasteiger partial charge in [-0.1, -0.05) is 180 Å². The summed E-state index contributed by atoms with van der Waals surface area (Å²) in [5, 5.41) is 8.89. The predicted octanol–water partition coefficient (Wildman–Crippen LogP) is 12.1. The molecule has 0 aliphatic heterocycles. The van der Waals surface area contributed by atoms with Gasteiger partial charge in [0, 0.05) is 13.0 Å². The van der Waals surface area contributed by atoms with Crippen molar-refractivity contribution < 1.29 is 42.7 Å². The molecule has 11 heteroatoms. The number of ether oxygens (including phenoxy) is 2. The van der Waals surface area contributed by atoms with Gasteiger partial charge in [-0.25, -0.2) is 4.57 Å². The Labute approximate surface area is 331 Å². The van der Waals surface area contributed by atoms with Crippen LogP contribution in [0.3, 0.4) is 0 Å². The summed E-state index contributed by atoms with van der Waals surface area (Å²) < 4.78 is 33.4. The first-order chi connectivity index (χ1) is 26.2. The molecule has 54 heavy (non-hydrogen) atoms. The van der Waals surface area contributed by atoms with E-state index in [1.165, 1.54) is 135 Å². The summed E-state index contributed by atoms with van der Waals surface area (Å²) in [6, 6.07) is -1.47. The number of carboxylic acids is 1. The molecule has 4 N–H and O–H groups in total. The second-order valence-corrected chi connectivity index (χ2v) is 16.6. The van der Waals surface area contributed by atoms with Crippen LogP contribution >= 0.6 is 7.82 Å². The maximum absolute atomic E-state index is 12.6. The van der Waals surface area contributed by atoms with Gasteiger partial charge in [-0.15, -0.1) is 0 Å². The van der Waals surface area contributed by atoms with Gasteiger partial charge in [0.1, 0.15) is 12.1 Å². The SMILES string of the molecule is CCCCCCC/C=C\CCCCCCCC(=O)OC(COCCCCCCCCCCCCCCCCCCCC)COP(=O)(O)OCC(N)C(=O)O. The Hall–Kier alpha value is -1.29. The van der Waals surface area contributed by atoms with E-state index in [-0.39, 0.29) is 13.0 Å². The van der Waals surface area contributed by atoms with Crippen molar-refractivity contribution in [3.63, 3.8) is 0 Å². The average Bonchev–Trinajstić information content (AvgIpc) is 3.15. The van der Waals surface area contributed by atoms with Crippen molar-refractivity contribution in [1.82, 2.24) is 0 Å². The van der Waals surface area contributed by atoms with E-state index in [4.69, 9.17) is 29.4 Å². The third-order valence-corrected chi connectivity index (χ3v) is 10.7. The molecule has 0 bridgehead atoms. The number of aliphatic carboxylic acids is 1. The smallest absolute Gasteiger partial charge is 0.472 e. The van der Waals surface area contributed by atoms with Crippen LogP contribution in [0.15, 0.2) is 12.2 Å². The number of carbonyl (C=O) groups excluding carboxylic acids is 1. The van der Waals surface area contributed by atoms with Crippen molar-refractivity contribution in [2.75, 3.05) is 26.4 Å². The minimum Gasteiger partial charge on any atom is -0.480 e. The van der Waals surface area contributed by atoms with E-state index >= 15 is 0 Å². The molecule has 0 saturated heterocycles. The van der Waals surface area contributed by atoms with E-state index in [2.05, 4.69) is 26.0 Å². The van der Waals surface area contributed by atoms with E-state index in [0.717, 1.165) is 51.4 Å². The van der Waals surface area contributed by atoms with Crippen molar-refractivity contribution in [1.29, 1.82) is 0 Å². The van der Waals surface area contributed by atoms with Crippen molar-refractivity contribution >= 4 is 19.8 Å². The summed E-state index contributed by atoms with van der Waals surface area (Å²) in [5.41, 5.74) is 5.35. The average molecular weight is 790 g/mol. The molecule has 0 aromatic carbocycles. The van der Waals surface area contributed by atoms with Crippen molar-refractivity contribution in [3.8, 4) is 0 Å². The number of nitrogens with two attached hydrogens (primary N) is 1. The summed E-state index contributed by atoms with van der Waals surface area (Å²) >= 11 is 0. The highest BCUT2D eigenvalue weighted by Gasteiger charge is 2.27. The molecule has 0 heterocycles. The zero-order valence-electron chi connectivity index (χ0n) is 34.8. The van der Waals surface area contributed by atoms with Crippen LogP contribution in [-0.2, 0) is 32.7 Å². The van der Waals surface area contributed by atoms with E-state index in [1.807, 2.05) is 0 Å². The fraction of sp³-hybridized carbons (Fsp3) is 0.907. The zero-order valence-corrected chi connectivity index (χ0v) is 35.7. The molecule has 0 spiro atoms. The lowest BCUT2D eigenvalue weighted by atomic mass is 10.0. The summed E-state index contributed by atoms with van der Waals surface area (Å²) in [4.78, 5) is 33.5. The summed E-state index contributed by atoms with van der Waals surface area (Å²) in [5.74, 6) is -1.78. The minimum atomic E-state index is -4.61. The highest BCUT2D eigenvalue weighted by Crippen LogP contribution is 2.43. The standard InChI is InChI=1S/C43H84NO9P/c1-3-5-7-9-11-13-15-17-19-20-21-22-24-26-28-30-32-34-36-50-37-40(38-51-54(48,49)52-39-41(44)43(46)47)53-42(45)35-33-31-29-27-25-23-18-16-14-12-10-8-6-4-2/h16,18,40-41H,3-15,17,19-39,44H2,1-2H3,(H,46,47)(H,48,49)/b18-16-. The van der Waals surface area contributed by atoms with Crippen LogP contribution in [0.2, 0.25) is 0 Å². The molecule has 3 atom stereocenters. The largest absolute Gasteiger partial charge is 0.480 e. The molecular formula is C43H84NO9P. The molecule has 0 rings (SSSR count). The number of hydrogen-bond donors (Lipinski definition) is 3. The summed E-state index contributed by atoms with van der Waals surface area (Å²) in [6.07, 6.45) is 41.2. The van der Waals surface area contributed by atoms with E-state index in [9.17, 15) is 19.0 Å². The van der Waals surface area contributed by atoms with Gasteiger partial charge in [-0.05, 0) is 38.5 Å². The maximum atomic E-state index is 12.6. The molecule has 10 nitrogen and oxygen atoms in total. The molecule has 0 saturated carbocycles. The Morgan fingerprint density at radius 1 is 0.574 bits per heavy atom. The number of phosphoric ester groups is 1. The van der Waals surface area contributed by atoms with Gasteiger partial charge in [0.05, 0.1) is 19.8 Å². The van der Waals surface area contributed by atoms with Crippen molar-refractivity contribution in [3.05, 3.63) is 12.2 Å². The fourth-order valence-electron chi connectivity index (χ4n) is 6.31. The minimum absolute atomic E-state index is 0.0194. The highest BCUT2D eigenvalue weighted by atomic mass is 31.2. The number of rotatable bonds is 43. The van der Waals surface area contributed by atoms with E-state index < -0.39 is 45.1 Å². The second-order valence-electron chi connectivity index (χ2n) is 15.2. The van der Waals surface area contributed by atoms with Crippen molar-refractivity contribution in [2.24, 2.45) is 5.73 Å². The lowest BCUT2D eigenvalue weighted by Crippen LogP contribution is -2.34. The van der Waals surface area contributed by atoms with Crippen LogP contribution in [0.1, 0.15) is 213 Å². The summed E-state index contributed by atoms with van der Waals surface area (Å²) in [6.45, 7) is 3.90.